The highest BCUT2D eigenvalue weighted by molar-refractivity contribution is 7.98. The van der Waals surface area contributed by atoms with Gasteiger partial charge in [-0.3, -0.25) is 9.89 Å². The van der Waals surface area contributed by atoms with Crippen LogP contribution in [0.5, 0.6) is 0 Å². The molecule has 1 aliphatic heterocycles. The van der Waals surface area contributed by atoms with Crippen LogP contribution in [0.2, 0.25) is 0 Å². The van der Waals surface area contributed by atoms with E-state index in [0.717, 1.165) is 24.7 Å². The summed E-state index contributed by atoms with van der Waals surface area (Å²) in [5.41, 5.74) is -0.441. The zero-order chi connectivity index (χ0) is 16.3. The van der Waals surface area contributed by atoms with Crippen molar-refractivity contribution < 1.29 is 18.0 Å². The number of nitrogens with one attached hydrogen (secondary N) is 1. The van der Waals surface area contributed by atoms with E-state index in [1.54, 1.807) is 16.7 Å². The van der Waals surface area contributed by atoms with Crippen molar-refractivity contribution in [1.82, 2.24) is 15.1 Å². The fourth-order valence-corrected chi connectivity index (χ4v) is 3.40. The highest BCUT2D eigenvalue weighted by atomic mass is 32.2. The van der Waals surface area contributed by atoms with Gasteiger partial charge in [-0.05, 0) is 25.2 Å². The molecule has 1 aliphatic rings. The highest BCUT2D eigenvalue weighted by Gasteiger charge is 2.35. The standard InChI is InChI=1S/C14H20F3N3OS/c1-9(8-22-2)13(21)20-5-3-4-10(7-20)11-6-12(19-18-11)14(15,16)17/h6,9-10H,3-5,7-8H2,1-2H3,(H,18,19)/t9-,10+/m1/s1. The Labute approximate surface area is 131 Å². The van der Waals surface area contributed by atoms with E-state index in [1.165, 1.54) is 0 Å². The number of halogens is 3. The Kier molecular flexibility index (Phi) is 5.41. The molecule has 0 unspecified atom stereocenters. The third-order valence-electron chi connectivity index (χ3n) is 3.90. The predicted molar refractivity (Wildman–Crippen MR) is 79.7 cm³/mol. The number of carbonyl (C=O) groups is 1. The Morgan fingerprint density at radius 3 is 2.91 bits per heavy atom. The number of carbonyl (C=O) groups excluding carboxylic acids is 1. The first-order valence-electron chi connectivity index (χ1n) is 7.23. The van der Waals surface area contributed by atoms with Crippen molar-refractivity contribution in [1.29, 1.82) is 0 Å². The van der Waals surface area contributed by atoms with Gasteiger partial charge >= 0.3 is 6.18 Å². The lowest BCUT2D eigenvalue weighted by atomic mass is 9.94. The van der Waals surface area contributed by atoms with Crippen LogP contribution in [0.1, 0.15) is 37.1 Å². The summed E-state index contributed by atoms with van der Waals surface area (Å²) in [5, 5.41) is 5.82. The quantitative estimate of drug-likeness (QED) is 0.920. The second kappa shape index (κ2) is 6.93. The van der Waals surface area contributed by atoms with Crippen LogP contribution in [0.3, 0.4) is 0 Å². The molecule has 0 aromatic carbocycles. The molecule has 2 rings (SSSR count). The van der Waals surface area contributed by atoms with Gasteiger partial charge in [-0.2, -0.15) is 30.0 Å². The third-order valence-corrected chi connectivity index (χ3v) is 4.73. The summed E-state index contributed by atoms with van der Waals surface area (Å²) in [6, 6.07) is 1.06. The molecule has 4 nitrogen and oxygen atoms in total. The average Bonchev–Trinajstić information content (AvgIpc) is 2.97. The lowest BCUT2D eigenvalue weighted by Gasteiger charge is -2.33. The maximum atomic E-state index is 12.6. The van der Waals surface area contributed by atoms with Crippen LogP contribution in [0, 0.1) is 5.92 Å². The molecule has 1 saturated heterocycles. The molecule has 1 amide bonds. The van der Waals surface area contributed by atoms with Crippen LogP contribution < -0.4 is 0 Å². The van der Waals surface area contributed by atoms with Crippen molar-refractivity contribution in [2.75, 3.05) is 25.1 Å². The number of amides is 1. The lowest BCUT2D eigenvalue weighted by molar-refractivity contribution is -0.141. The highest BCUT2D eigenvalue weighted by Crippen LogP contribution is 2.32. The topological polar surface area (TPSA) is 49.0 Å². The molecule has 0 saturated carbocycles. The van der Waals surface area contributed by atoms with E-state index in [1.807, 2.05) is 13.2 Å². The summed E-state index contributed by atoms with van der Waals surface area (Å²) >= 11 is 1.62. The van der Waals surface area contributed by atoms with E-state index in [4.69, 9.17) is 0 Å². The summed E-state index contributed by atoms with van der Waals surface area (Å²) in [5.74, 6) is 0.654. The van der Waals surface area contributed by atoms with Crippen LogP contribution >= 0.6 is 11.8 Å². The summed E-state index contributed by atoms with van der Waals surface area (Å²) in [6.45, 7) is 3.02. The second-order valence-corrected chi connectivity index (χ2v) is 6.60. The minimum atomic E-state index is -4.44. The summed E-state index contributed by atoms with van der Waals surface area (Å²) in [4.78, 5) is 14.1. The van der Waals surface area contributed by atoms with E-state index < -0.39 is 11.9 Å². The fourth-order valence-electron chi connectivity index (χ4n) is 2.76. The maximum Gasteiger partial charge on any atom is 0.435 e. The van der Waals surface area contributed by atoms with Crippen LogP contribution in [-0.4, -0.2) is 46.1 Å². The van der Waals surface area contributed by atoms with Crippen molar-refractivity contribution in [2.45, 2.75) is 31.9 Å². The predicted octanol–water partition coefficient (Wildman–Crippen LogP) is 3.13. The minimum absolute atomic E-state index is 0.0683. The Bertz CT molecular complexity index is 518. The monoisotopic (exact) mass is 335 g/mol. The number of H-pyrrole nitrogens is 1. The van der Waals surface area contributed by atoms with Crippen molar-refractivity contribution in [3.63, 3.8) is 0 Å². The van der Waals surface area contributed by atoms with Crippen LogP contribution in [-0.2, 0) is 11.0 Å². The number of rotatable bonds is 4. The van der Waals surface area contributed by atoms with Gasteiger partial charge < -0.3 is 4.90 Å². The van der Waals surface area contributed by atoms with Crippen molar-refractivity contribution >= 4 is 17.7 Å². The van der Waals surface area contributed by atoms with Crippen molar-refractivity contribution in [2.24, 2.45) is 5.92 Å². The lowest BCUT2D eigenvalue weighted by Crippen LogP contribution is -2.42. The molecule has 0 spiro atoms. The molecule has 1 fully saturated rings. The molecule has 2 atom stereocenters. The van der Waals surface area contributed by atoms with Crippen LogP contribution in [0.4, 0.5) is 13.2 Å². The van der Waals surface area contributed by atoms with Crippen LogP contribution in [0.15, 0.2) is 6.07 Å². The molecular formula is C14H20F3N3OS. The molecule has 2 heterocycles. The zero-order valence-electron chi connectivity index (χ0n) is 12.6. The number of aromatic nitrogens is 2. The van der Waals surface area contributed by atoms with Gasteiger partial charge in [0.25, 0.3) is 0 Å². The molecule has 0 aliphatic carbocycles. The van der Waals surface area contributed by atoms with Crippen molar-refractivity contribution in [3.8, 4) is 0 Å². The number of hydrogen-bond acceptors (Lipinski definition) is 3. The van der Waals surface area contributed by atoms with Gasteiger partial charge in [0, 0.05) is 36.4 Å². The van der Waals surface area contributed by atoms with Gasteiger partial charge in [-0.25, -0.2) is 0 Å². The number of aromatic amines is 1. The number of piperidine rings is 1. The zero-order valence-corrected chi connectivity index (χ0v) is 13.4. The number of likely N-dealkylation sites (tertiary alicyclic amines) is 1. The van der Waals surface area contributed by atoms with Gasteiger partial charge in [-0.1, -0.05) is 6.92 Å². The molecular weight excluding hydrogens is 315 g/mol. The molecule has 1 aromatic rings. The normalized spacial score (nSPS) is 21.0. The fraction of sp³-hybridized carbons (Fsp3) is 0.714. The molecule has 22 heavy (non-hydrogen) atoms. The molecule has 0 radical (unpaired) electrons. The molecule has 124 valence electrons. The number of alkyl halides is 3. The van der Waals surface area contributed by atoms with E-state index >= 15 is 0 Å². The van der Waals surface area contributed by atoms with Gasteiger partial charge in [-0.15, -0.1) is 0 Å². The molecule has 1 N–H and O–H groups in total. The third kappa shape index (κ3) is 3.97. The Hall–Kier alpha value is -1.18. The Morgan fingerprint density at radius 2 is 2.32 bits per heavy atom. The van der Waals surface area contributed by atoms with E-state index in [0.29, 0.717) is 18.8 Å². The Balaban J connectivity index is 2.04. The average molecular weight is 335 g/mol. The smallest absolute Gasteiger partial charge is 0.342 e. The van der Waals surface area contributed by atoms with Gasteiger partial charge in [0.05, 0.1) is 0 Å². The summed E-state index contributed by atoms with van der Waals surface area (Å²) < 4.78 is 37.8. The van der Waals surface area contributed by atoms with E-state index in [-0.39, 0.29) is 17.7 Å². The number of thioether (sulfide) groups is 1. The van der Waals surface area contributed by atoms with Crippen molar-refractivity contribution in [3.05, 3.63) is 17.5 Å². The van der Waals surface area contributed by atoms with Gasteiger partial charge in [0.2, 0.25) is 5.91 Å². The number of nitrogens with zero attached hydrogens (tertiary/aromatic N) is 2. The second-order valence-electron chi connectivity index (χ2n) is 5.69. The number of hydrogen-bond donors (Lipinski definition) is 1. The van der Waals surface area contributed by atoms with E-state index in [2.05, 4.69) is 10.2 Å². The summed E-state index contributed by atoms with van der Waals surface area (Å²) in [6.07, 6.45) is -0.930. The van der Waals surface area contributed by atoms with E-state index in [9.17, 15) is 18.0 Å². The van der Waals surface area contributed by atoms with Gasteiger partial charge in [0.15, 0.2) is 5.69 Å². The summed E-state index contributed by atoms with van der Waals surface area (Å²) in [7, 11) is 0. The molecule has 8 heteroatoms. The first-order valence-corrected chi connectivity index (χ1v) is 8.62. The Morgan fingerprint density at radius 1 is 1.59 bits per heavy atom. The first kappa shape index (κ1) is 17.2. The minimum Gasteiger partial charge on any atom is -0.342 e. The van der Waals surface area contributed by atoms with Crippen LogP contribution in [0.25, 0.3) is 0 Å². The largest absolute Gasteiger partial charge is 0.435 e. The molecule has 0 bridgehead atoms. The SMILES string of the molecule is CSC[C@@H](C)C(=O)N1CCC[C@H](c2cc(C(F)(F)F)n[nH]2)C1. The molecule has 1 aromatic heterocycles. The van der Waals surface area contributed by atoms with Gasteiger partial charge in [0.1, 0.15) is 0 Å². The first-order chi connectivity index (χ1) is 10.3. The maximum absolute atomic E-state index is 12.6.